The van der Waals surface area contributed by atoms with Crippen LogP contribution in [-0.4, -0.2) is 16.8 Å². The van der Waals surface area contributed by atoms with Crippen molar-refractivity contribution in [2.75, 3.05) is 4.90 Å². The van der Waals surface area contributed by atoms with E-state index in [2.05, 4.69) is 0 Å². The van der Waals surface area contributed by atoms with Crippen LogP contribution < -0.4 is 4.90 Å². The number of rotatable bonds is 3. The van der Waals surface area contributed by atoms with Gasteiger partial charge in [0.05, 0.1) is 16.6 Å². The van der Waals surface area contributed by atoms with Crippen LogP contribution in [0.1, 0.15) is 49.1 Å². The highest BCUT2D eigenvalue weighted by Gasteiger charge is 2.47. The van der Waals surface area contributed by atoms with Gasteiger partial charge < -0.3 is 5.11 Å². The maximum Gasteiger partial charge on any atom is 0.300 e. The minimum atomic E-state index is -0.966. The van der Waals surface area contributed by atoms with Crippen molar-refractivity contribution in [3.05, 3.63) is 104 Å². The minimum Gasteiger partial charge on any atom is -0.507 e. The average Bonchev–Trinajstić information content (AvgIpc) is 3.06. The van der Waals surface area contributed by atoms with Crippen molar-refractivity contribution >= 4 is 46.3 Å². The summed E-state index contributed by atoms with van der Waals surface area (Å²) in [6.45, 7) is 7.97. The van der Waals surface area contributed by atoms with Crippen LogP contribution in [0.3, 0.4) is 0 Å². The molecule has 4 rings (SSSR count). The first-order chi connectivity index (χ1) is 16.4. The van der Waals surface area contributed by atoms with Crippen molar-refractivity contribution in [2.24, 2.45) is 0 Å². The zero-order valence-electron chi connectivity index (χ0n) is 19.7. The van der Waals surface area contributed by atoms with E-state index in [1.807, 2.05) is 45.9 Å². The summed E-state index contributed by atoms with van der Waals surface area (Å²) in [6.07, 6.45) is 0. The Bertz CT molecular complexity index is 1370. The normalized spacial score (nSPS) is 17.8. The van der Waals surface area contributed by atoms with E-state index in [9.17, 15) is 19.1 Å². The molecule has 35 heavy (non-hydrogen) atoms. The van der Waals surface area contributed by atoms with Gasteiger partial charge in [-0.1, -0.05) is 68.2 Å². The molecule has 0 saturated carbocycles. The molecule has 1 heterocycles. The molecule has 1 saturated heterocycles. The summed E-state index contributed by atoms with van der Waals surface area (Å²) in [5.74, 6) is -2.62. The van der Waals surface area contributed by atoms with Crippen molar-refractivity contribution in [3.8, 4) is 0 Å². The van der Waals surface area contributed by atoms with Gasteiger partial charge in [0.25, 0.3) is 11.7 Å². The monoisotopic (exact) mass is 511 g/mol. The number of hydrogen-bond acceptors (Lipinski definition) is 3. The molecular formula is C28H24Cl2FNO3. The Hall–Kier alpha value is -3.15. The third kappa shape index (κ3) is 4.58. The van der Waals surface area contributed by atoms with E-state index in [4.69, 9.17) is 23.2 Å². The van der Waals surface area contributed by atoms with Gasteiger partial charge in [0.15, 0.2) is 0 Å². The molecule has 7 heteroatoms. The number of Topliss-reactive ketones (excluding diaryl/α,β-unsaturated/α-hetero) is 1. The van der Waals surface area contributed by atoms with Gasteiger partial charge in [-0.3, -0.25) is 14.5 Å². The molecule has 1 fully saturated rings. The van der Waals surface area contributed by atoms with Gasteiger partial charge >= 0.3 is 0 Å². The van der Waals surface area contributed by atoms with Crippen LogP contribution in [0.15, 0.2) is 66.2 Å². The Morgan fingerprint density at radius 2 is 1.63 bits per heavy atom. The third-order valence-electron chi connectivity index (χ3n) is 6.17. The first-order valence-corrected chi connectivity index (χ1v) is 11.8. The molecule has 1 unspecified atom stereocenters. The molecule has 1 atom stereocenters. The van der Waals surface area contributed by atoms with E-state index in [0.29, 0.717) is 16.1 Å². The van der Waals surface area contributed by atoms with E-state index in [-0.39, 0.29) is 27.5 Å². The lowest BCUT2D eigenvalue weighted by atomic mass is 9.84. The van der Waals surface area contributed by atoms with Gasteiger partial charge in [0, 0.05) is 16.3 Å². The number of aliphatic hydroxyl groups is 1. The van der Waals surface area contributed by atoms with E-state index in [0.717, 1.165) is 17.2 Å². The van der Waals surface area contributed by atoms with Crippen LogP contribution in [-0.2, 0) is 15.0 Å². The zero-order chi connectivity index (χ0) is 25.7. The highest BCUT2D eigenvalue weighted by atomic mass is 35.5. The summed E-state index contributed by atoms with van der Waals surface area (Å²) in [5.41, 5.74) is 2.71. The van der Waals surface area contributed by atoms with Gasteiger partial charge in [-0.15, -0.1) is 0 Å². The molecule has 0 aromatic heterocycles. The maximum absolute atomic E-state index is 13.9. The van der Waals surface area contributed by atoms with E-state index in [1.165, 1.54) is 17.0 Å². The summed E-state index contributed by atoms with van der Waals surface area (Å²) in [6, 6.07) is 15.2. The second-order valence-electron chi connectivity index (χ2n) is 9.60. The van der Waals surface area contributed by atoms with Gasteiger partial charge in [0.1, 0.15) is 11.6 Å². The second-order valence-corrected chi connectivity index (χ2v) is 10.4. The summed E-state index contributed by atoms with van der Waals surface area (Å²) < 4.78 is 13.9. The number of halogens is 3. The molecule has 1 aliphatic heterocycles. The molecule has 1 N–H and O–H groups in total. The molecule has 4 nitrogen and oxygen atoms in total. The van der Waals surface area contributed by atoms with Crippen LogP contribution in [0.25, 0.3) is 5.76 Å². The number of benzene rings is 3. The zero-order valence-corrected chi connectivity index (χ0v) is 21.2. The molecule has 3 aromatic carbocycles. The number of nitrogens with zero attached hydrogens (tertiary/aromatic N) is 1. The summed E-state index contributed by atoms with van der Waals surface area (Å²) in [4.78, 5) is 27.9. The molecule has 180 valence electrons. The quantitative estimate of drug-likeness (QED) is 0.227. The van der Waals surface area contributed by atoms with Crippen LogP contribution in [0.5, 0.6) is 0 Å². The Morgan fingerprint density at radius 3 is 2.23 bits per heavy atom. The molecule has 3 aromatic rings. The van der Waals surface area contributed by atoms with Crippen molar-refractivity contribution in [1.82, 2.24) is 0 Å². The first kappa shape index (κ1) is 25.0. The Kier molecular flexibility index (Phi) is 6.52. The van der Waals surface area contributed by atoms with E-state index in [1.54, 1.807) is 24.3 Å². The molecule has 0 bridgehead atoms. The Labute approximate surface area is 213 Å². The number of amides is 1. The smallest absolute Gasteiger partial charge is 0.300 e. The van der Waals surface area contributed by atoms with E-state index >= 15 is 0 Å². The Morgan fingerprint density at radius 1 is 0.971 bits per heavy atom. The highest BCUT2D eigenvalue weighted by molar-refractivity contribution is 6.52. The molecule has 1 aliphatic rings. The minimum absolute atomic E-state index is 0.0630. The molecule has 0 aliphatic carbocycles. The van der Waals surface area contributed by atoms with Crippen LogP contribution in [0.2, 0.25) is 10.0 Å². The van der Waals surface area contributed by atoms with Crippen LogP contribution >= 0.6 is 23.2 Å². The van der Waals surface area contributed by atoms with Crippen molar-refractivity contribution in [2.45, 2.75) is 39.2 Å². The second kappa shape index (κ2) is 9.14. The molecule has 1 amide bonds. The Balaban J connectivity index is 1.98. The predicted octanol–water partition coefficient (Wildman–Crippen LogP) is 7.36. The lowest BCUT2D eigenvalue weighted by Gasteiger charge is -2.26. The standard InChI is InChI=1S/C28H24Cl2FNO3/c1-15-5-8-17(28(2,3)4)13-20(15)25(33)23-24(16-6-9-18(29)10-7-16)32(27(35)26(23)34)19-11-12-22(31)21(30)14-19/h5-14,24,33H,1-4H3/b25-23+. The fourth-order valence-corrected chi connectivity index (χ4v) is 4.48. The van der Waals surface area contributed by atoms with Crippen LogP contribution in [0.4, 0.5) is 10.1 Å². The first-order valence-electron chi connectivity index (χ1n) is 11.0. The molecule has 0 spiro atoms. The number of ketones is 1. The van der Waals surface area contributed by atoms with Crippen LogP contribution in [0, 0.1) is 12.7 Å². The highest BCUT2D eigenvalue weighted by Crippen LogP contribution is 2.43. The topological polar surface area (TPSA) is 57.6 Å². The predicted molar refractivity (Wildman–Crippen MR) is 138 cm³/mol. The van der Waals surface area contributed by atoms with Crippen molar-refractivity contribution in [3.63, 3.8) is 0 Å². The summed E-state index contributed by atoms with van der Waals surface area (Å²) in [5, 5.41) is 11.8. The number of carbonyl (C=O) groups excluding carboxylic acids is 2. The number of anilines is 1. The fraction of sp³-hybridized carbons (Fsp3) is 0.214. The number of hydrogen-bond donors (Lipinski definition) is 1. The fourth-order valence-electron chi connectivity index (χ4n) is 4.18. The largest absolute Gasteiger partial charge is 0.507 e. The number of aryl methyl sites for hydroxylation is 1. The summed E-state index contributed by atoms with van der Waals surface area (Å²) >= 11 is 12.1. The van der Waals surface area contributed by atoms with E-state index < -0.39 is 23.5 Å². The molecular weight excluding hydrogens is 488 g/mol. The average molecular weight is 512 g/mol. The van der Waals surface area contributed by atoms with Gasteiger partial charge in [-0.2, -0.15) is 0 Å². The number of aliphatic hydroxyl groups excluding tert-OH is 1. The SMILES string of the molecule is Cc1ccc(C(C)(C)C)cc1/C(O)=C1\C(=O)C(=O)N(c2ccc(F)c(Cl)c2)C1c1ccc(Cl)cc1. The lowest BCUT2D eigenvalue weighted by molar-refractivity contribution is -0.132. The van der Waals surface area contributed by atoms with Crippen molar-refractivity contribution < 1.29 is 19.1 Å². The van der Waals surface area contributed by atoms with Gasteiger partial charge in [-0.05, 0) is 65.4 Å². The third-order valence-corrected chi connectivity index (χ3v) is 6.71. The van der Waals surface area contributed by atoms with Gasteiger partial charge in [-0.25, -0.2) is 4.39 Å². The summed E-state index contributed by atoms with van der Waals surface area (Å²) in [7, 11) is 0. The maximum atomic E-state index is 13.9. The van der Waals surface area contributed by atoms with Crippen molar-refractivity contribution in [1.29, 1.82) is 0 Å². The molecule has 0 radical (unpaired) electrons. The lowest BCUT2D eigenvalue weighted by Crippen LogP contribution is -2.29. The number of carbonyl (C=O) groups is 2. The van der Waals surface area contributed by atoms with Gasteiger partial charge in [0.2, 0.25) is 0 Å².